The Balaban J connectivity index is 1.42. The van der Waals surface area contributed by atoms with Gasteiger partial charge < -0.3 is 4.42 Å². The van der Waals surface area contributed by atoms with Crippen LogP contribution in [0.5, 0.6) is 0 Å². The molecule has 0 aliphatic carbocycles. The molecule has 3 heterocycles. The lowest BCUT2D eigenvalue weighted by Gasteiger charge is -2.08. The van der Waals surface area contributed by atoms with Crippen molar-refractivity contribution < 1.29 is 12.8 Å². The van der Waals surface area contributed by atoms with E-state index in [0.29, 0.717) is 11.2 Å². The Morgan fingerprint density at radius 2 is 1.96 bits per heavy atom. The van der Waals surface area contributed by atoms with Gasteiger partial charge >= 0.3 is 5.76 Å². The van der Waals surface area contributed by atoms with Crippen molar-refractivity contribution in [1.29, 1.82) is 0 Å². The summed E-state index contributed by atoms with van der Waals surface area (Å²) in [5.74, 6) is -0.632. The number of H-pyrrole nitrogens is 1. The van der Waals surface area contributed by atoms with Crippen LogP contribution in [0.15, 0.2) is 74.3 Å². The van der Waals surface area contributed by atoms with Crippen LogP contribution < -0.4 is 10.5 Å². The lowest BCUT2D eigenvalue weighted by molar-refractivity contribution is 0.554. The fourth-order valence-electron chi connectivity index (χ4n) is 2.88. The summed E-state index contributed by atoms with van der Waals surface area (Å²) in [6.45, 7) is 0. The molecule has 0 saturated carbocycles. The number of thiazole rings is 1. The number of fused-ring (bicyclic) bond motifs is 2. The summed E-state index contributed by atoms with van der Waals surface area (Å²) in [7, 11) is -3.83. The molecule has 8 nitrogen and oxygen atoms in total. The zero-order chi connectivity index (χ0) is 19.3. The predicted octanol–water partition coefficient (Wildman–Crippen LogP) is 3.30. The van der Waals surface area contributed by atoms with Crippen molar-refractivity contribution in [3.8, 4) is 11.3 Å². The van der Waals surface area contributed by atoms with E-state index in [1.54, 1.807) is 35.6 Å². The van der Waals surface area contributed by atoms with Gasteiger partial charge in [-0.1, -0.05) is 12.1 Å². The van der Waals surface area contributed by atoms with Crippen LogP contribution in [0.25, 0.3) is 27.3 Å². The fraction of sp³-hybridized carbons (Fsp3) is 0. The third-order valence-corrected chi connectivity index (χ3v) is 6.38. The molecule has 0 unspecified atom stereocenters. The van der Waals surface area contributed by atoms with Gasteiger partial charge in [-0.05, 0) is 24.3 Å². The van der Waals surface area contributed by atoms with Gasteiger partial charge in [0, 0.05) is 35.1 Å². The summed E-state index contributed by atoms with van der Waals surface area (Å²) in [4.78, 5) is 19.1. The van der Waals surface area contributed by atoms with Crippen LogP contribution >= 0.6 is 11.3 Å². The van der Waals surface area contributed by atoms with E-state index in [9.17, 15) is 13.2 Å². The molecule has 28 heavy (non-hydrogen) atoms. The smallest absolute Gasteiger partial charge is 0.408 e. The van der Waals surface area contributed by atoms with Crippen LogP contribution in [0.2, 0.25) is 0 Å². The highest BCUT2D eigenvalue weighted by Crippen LogP contribution is 2.25. The Labute approximate surface area is 162 Å². The Hall–Kier alpha value is -3.37. The van der Waals surface area contributed by atoms with Gasteiger partial charge in [0.1, 0.15) is 0 Å². The molecule has 140 valence electrons. The molecule has 0 atom stereocenters. The van der Waals surface area contributed by atoms with Crippen LogP contribution in [0.1, 0.15) is 0 Å². The summed E-state index contributed by atoms with van der Waals surface area (Å²) < 4.78 is 34.7. The molecular weight excluding hydrogens is 400 g/mol. The van der Waals surface area contributed by atoms with Crippen LogP contribution in [0.3, 0.4) is 0 Å². The number of nitrogens with zero attached hydrogens (tertiary/aromatic N) is 2. The molecule has 0 amide bonds. The second-order valence-electron chi connectivity index (χ2n) is 6.07. The first-order valence-corrected chi connectivity index (χ1v) is 10.5. The van der Waals surface area contributed by atoms with Crippen LogP contribution in [-0.2, 0) is 10.0 Å². The largest absolute Gasteiger partial charge is 0.417 e. The number of aromatic nitrogens is 3. The molecule has 0 saturated heterocycles. The third-order valence-electron chi connectivity index (χ3n) is 4.23. The Morgan fingerprint density at radius 1 is 1.14 bits per heavy atom. The van der Waals surface area contributed by atoms with E-state index in [1.165, 1.54) is 18.2 Å². The molecule has 2 aromatic carbocycles. The van der Waals surface area contributed by atoms with Crippen molar-refractivity contribution in [3.63, 3.8) is 0 Å². The van der Waals surface area contributed by atoms with Crippen LogP contribution in [-0.4, -0.2) is 22.8 Å². The van der Waals surface area contributed by atoms with Gasteiger partial charge in [0.25, 0.3) is 10.0 Å². The summed E-state index contributed by atoms with van der Waals surface area (Å²) in [6, 6.07) is 11.2. The molecule has 0 fully saturated rings. The Bertz CT molecular complexity index is 1440. The Kier molecular flexibility index (Phi) is 3.64. The van der Waals surface area contributed by atoms with E-state index in [2.05, 4.69) is 14.7 Å². The second kappa shape index (κ2) is 6.08. The molecular formula is C18H12N4O4S2. The van der Waals surface area contributed by atoms with E-state index < -0.39 is 15.8 Å². The minimum atomic E-state index is -3.83. The molecule has 5 aromatic rings. The summed E-state index contributed by atoms with van der Waals surface area (Å²) in [6.07, 6.45) is 3.85. The highest BCUT2D eigenvalue weighted by atomic mass is 32.2. The maximum Gasteiger partial charge on any atom is 0.417 e. The van der Waals surface area contributed by atoms with Crippen molar-refractivity contribution in [2.45, 2.75) is 4.90 Å². The van der Waals surface area contributed by atoms with E-state index in [4.69, 9.17) is 4.42 Å². The molecule has 0 spiro atoms. The fourth-order valence-corrected chi connectivity index (χ4v) is 4.66. The number of aromatic amines is 1. The molecule has 0 radical (unpaired) electrons. The lowest BCUT2D eigenvalue weighted by Crippen LogP contribution is -2.12. The van der Waals surface area contributed by atoms with Gasteiger partial charge in [0.05, 0.1) is 16.1 Å². The summed E-state index contributed by atoms with van der Waals surface area (Å²) in [5.41, 5.74) is 2.74. The zero-order valence-electron chi connectivity index (χ0n) is 14.1. The SMILES string of the molecule is O=c1[nH]c2ccc(S(=O)(=O)Nc3ccc(-c4cn5ccsc5n4)cc3)cc2o1. The highest BCUT2D eigenvalue weighted by Gasteiger charge is 2.16. The number of imidazole rings is 1. The van der Waals surface area contributed by atoms with Crippen molar-refractivity contribution in [2.24, 2.45) is 0 Å². The lowest BCUT2D eigenvalue weighted by atomic mass is 10.1. The van der Waals surface area contributed by atoms with Gasteiger partial charge in [0.2, 0.25) is 0 Å². The quantitative estimate of drug-likeness (QED) is 0.471. The number of hydrogen-bond acceptors (Lipinski definition) is 6. The molecule has 10 heteroatoms. The zero-order valence-corrected chi connectivity index (χ0v) is 15.8. The van der Waals surface area contributed by atoms with Crippen molar-refractivity contribution >= 4 is 43.1 Å². The van der Waals surface area contributed by atoms with Crippen LogP contribution in [0.4, 0.5) is 5.69 Å². The van der Waals surface area contributed by atoms with E-state index in [-0.39, 0.29) is 10.5 Å². The normalized spacial score (nSPS) is 12.0. The Morgan fingerprint density at radius 3 is 2.75 bits per heavy atom. The van der Waals surface area contributed by atoms with Gasteiger partial charge in [-0.15, -0.1) is 11.3 Å². The van der Waals surface area contributed by atoms with Crippen molar-refractivity contribution in [3.05, 3.63) is 70.8 Å². The number of oxazole rings is 1. The topological polar surface area (TPSA) is 109 Å². The maximum atomic E-state index is 12.6. The molecule has 0 aliphatic heterocycles. The maximum absolute atomic E-state index is 12.6. The molecule has 0 aliphatic rings. The number of benzene rings is 2. The first kappa shape index (κ1) is 16.8. The van der Waals surface area contributed by atoms with E-state index in [1.807, 2.05) is 22.2 Å². The number of hydrogen-bond donors (Lipinski definition) is 2. The van der Waals surface area contributed by atoms with Gasteiger partial charge in [-0.25, -0.2) is 18.2 Å². The average Bonchev–Trinajstić information content (AvgIpc) is 3.34. The first-order chi connectivity index (χ1) is 13.5. The number of nitrogens with one attached hydrogen (secondary N) is 2. The summed E-state index contributed by atoms with van der Waals surface area (Å²) in [5, 5.41) is 1.96. The van der Waals surface area contributed by atoms with Crippen LogP contribution in [0, 0.1) is 0 Å². The highest BCUT2D eigenvalue weighted by molar-refractivity contribution is 7.92. The summed E-state index contributed by atoms with van der Waals surface area (Å²) >= 11 is 1.54. The standard InChI is InChI=1S/C18H12N4O4S2/c23-18-20-14-6-5-13(9-16(14)26-18)28(24,25)21-12-3-1-11(2-4-12)15-10-22-7-8-27-17(22)19-15/h1-10,21H,(H,20,23). The van der Waals surface area contributed by atoms with Gasteiger partial charge in [-0.3, -0.25) is 14.1 Å². The average molecular weight is 412 g/mol. The van der Waals surface area contributed by atoms with E-state index >= 15 is 0 Å². The predicted molar refractivity (Wildman–Crippen MR) is 106 cm³/mol. The molecule has 3 aromatic heterocycles. The number of rotatable bonds is 4. The van der Waals surface area contributed by atoms with Gasteiger partial charge in [-0.2, -0.15) is 0 Å². The number of sulfonamides is 1. The second-order valence-corrected chi connectivity index (χ2v) is 8.63. The first-order valence-electron chi connectivity index (χ1n) is 8.16. The minimum absolute atomic E-state index is 0.00108. The molecule has 2 N–H and O–H groups in total. The minimum Gasteiger partial charge on any atom is -0.408 e. The molecule has 0 bridgehead atoms. The van der Waals surface area contributed by atoms with Crippen molar-refractivity contribution in [1.82, 2.24) is 14.4 Å². The van der Waals surface area contributed by atoms with E-state index in [0.717, 1.165) is 16.2 Å². The van der Waals surface area contributed by atoms with Gasteiger partial charge in [0.15, 0.2) is 10.5 Å². The van der Waals surface area contributed by atoms with Crippen molar-refractivity contribution in [2.75, 3.05) is 4.72 Å². The monoisotopic (exact) mass is 412 g/mol. The number of anilines is 1. The third kappa shape index (κ3) is 2.88. The molecule has 5 rings (SSSR count).